The Labute approximate surface area is 148 Å². The van der Waals surface area contributed by atoms with Crippen molar-refractivity contribution < 1.29 is 9.47 Å². The number of hydrogen-bond acceptors (Lipinski definition) is 4. The molecule has 1 fully saturated rings. The van der Waals surface area contributed by atoms with Crippen LogP contribution in [0.4, 0.5) is 0 Å². The molecule has 0 saturated carbocycles. The van der Waals surface area contributed by atoms with Crippen LogP contribution in [0, 0.1) is 11.3 Å². The molecule has 1 saturated heterocycles. The number of aliphatic imine (C=N–C) groups is 1. The monoisotopic (exact) mass is 342 g/mol. The van der Waals surface area contributed by atoms with Crippen molar-refractivity contribution in [1.82, 2.24) is 15.5 Å². The fourth-order valence-corrected chi connectivity index (χ4v) is 2.89. The first-order chi connectivity index (χ1) is 11.4. The van der Waals surface area contributed by atoms with Crippen molar-refractivity contribution in [1.29, 1.82) is 0 Å². The Morgan fingerprint density at radius 3 is 2.75 bits per heavy atom. The van der Waals surface area contributed by atoms with E-state index < -0.39 is 0 Å². The van der Waals surface area contributed by atoms with Crippen molar-refractivity contribution in [3.8, 4) is 0 Å². The highest BCUT2D eigenvalue weighted by Crippen LogP contribution is 2.16. The van der Waals surface area contributed by atoms with Gasteiger partial charge in [0.1, 0.15) is 0 Å². The van der Waals surface area contributed by atoms with Crippen LogP contribution in [-0.4, -0.2) is 77.6 Å². The Bertz CT molecular complexity index is 353. The summed E-state index contributed by atoms with van der Waals surface area (Å²) >= 11 is 0. The van der Waals surface area contributed by atoms with E-state index in [2.05, 4.69) is 50.4 Å². The van der Waals surface area contributed by atoms with Gasteiger partial charge in [-0.25, -0.2) is 0 Å². The van der Waals surface area contributed by atoms with Gasteiger partial charge in [0.2, 0.25) is 0 Å². The average Bonchev–Trinajstić information content (AvgIpc) is 3.00. The third-order valence-electron chi connectivity index (χ3n) is 3.89. The third kappa shape index (κ3) is 10.1. The predicted octanol–water partition coefficient (Wildman–Crippen LogP) is 1.57. The number of rotatable bonds is 11. The minimum Gasteiger partial charge on any atom is -0.381 e. The zero-order chi connectivity index (χ0) is 17.8. The van der Waals surface area contributed by atoms with Gasteiger partial charge in [-0.15, -0.1) is 0 Å². The average molecular weight is 343 g/mol. The summed E-state index contributed by atoms with van der Waals surface area (Å²) in [6.07, 6.45) is 2.12. The first-order valence-electron chi connectivity index (χ1n) is 9.25. The summed E-state index contributed by atoms with van der Waals surface area (Å²) in [4.78, 5) is 6.94. The number of nitrogens with zero attached hydrogens (tertiary/aromatic N) is 2. The topological polar surface area (TPSA) is 58.1 Å². The lowest BCUT2D eigenvalue weighted by Crippen LogP contribution is -2.39. The second-order valence-corrected chi connectivity index (χ2v) is 7.68. The summed E-state index contributed by atoms with van der Waals surface area (Å²) in [7, 11) is 4.21. The van der Waals surface area contributed by atoms with Crippen LogP contribution >= 0.6 is 0 Å². The Morgan fingerprint density at radius 1 is 1.33 bits per heavy atom. The summed E-state index contributed by atoms with van der Waals surface area (Å²) < 4.78 is 11.1. The normalized spacial score (nSPS) is 19.1. The molecule has 1 atom stereocenters. The van der Waals surface area contributed by atoms with Crippen molar-refractivity contribution in [2.75, 3.05) is 66.7 Å². The zero-order valence-corrected chi connectivity index (χ0v) is 16.4. The minimum absolute atomic E-state index is 0.165. The maximum Gasteiger partial charge on any atom is 0.191 e. The third-order valence-corrected chi connectivity index (χ3v) is 3.89. The van der Waals surface area contributed by atoms with E-state index >= 15 is 0 Å². The van der Waals surface area contributed by atoms with E-state index in [9.17, 15) is 0 Å². The second-order valence-electron chi connectivity index (χ2n) is 7.68. The SMILES string of the molecule is CCNC(=NCC(C)(C)CN(C)C)NCCCOCC1CCOC1. The molecule has 1 unspecified atom stereocenters. The molecule has 0 radical (unpaired) electrons. The van der Waals surface area contributed by atoms with Crippen LogP contribution in [0.5, 0.6) is 0 Å². The van der Waals surface area contributed by atoms with Crippen LogP contribution < -0.4 is 10.6 Å². The minimum atomic E-state index is 0.165. The lowest BCUT2D eigenvalue weighted by Gasteiger charge is -2.26. The largest absolute Gasteiger partial charge is 0.381 e. The van der Waals surface area contributed by atoms with Crippen LogP contribution in [0.25, 0.3) is 0 Å². The number of hydrogen-bond donors (Lipinski definition) is 2. The van der Waals surface area contributed by atoms with Gasteiger partial charge in [0.05, 0.1) is 13.2 Å². The van der Waals surface area contributed by atoms with Crippen molar-refractivity contribution in [3.05, 3.63) is 0 Å². The van der Waals surface area contributed by atoms with Gasteiger partial charge in [0.25, 0.3) is 0 Å². The Morgan fingerprint density at radius 2 is 2.12 bits per heavy atom. The first-order valence-corrected chi connectivity index (χ1v) is 9.25. The molecule has 0 aromatic rings. The molecule has 1 rings (SSSR count). The summed E-state index contributed by atoms with van der Waals surface area (Å²) in [6.45, 7) is 13.5. The van der Waals surface area contributed by atoms with E-state index in [1.807, 2.05) is 0 Å². The maximum absolute atomic E-state index is 5.73. The molecule has 1 heterocycles. The highest BCUT2D eigenvalue weighted by Gasteiger charge is 2.18. The molecule has 0 spiro atoms. The van der Waals surface area contributed by atoms with Gasteiger partial charge in [-0.05, 0) is 39.3 Å². The van der Waals surface area contributed by atoms with Crippen LogP contribution in [0.15, 0.2) is 4.99 Å². The lowest BCUT2D eigenvalue weighted by atomic mass is 9.93. The molecule has 0 amide bonds. The molecule has 0 aromatic carbocycles. The van der Waals surface area contributed by atoms with Gasteiger partial charge in [0.15, 0.2) is 5.96 Å². The molecule has 6 nitrogen and oxygen atoms in total. The van der Waals surface area contributed by atoms with Crippen LogP contribution in [0.1, 0.15) is 33.6 Å². The number of guanidine groups is 1. The van der Waals surface area contributed by atoms with Gasteiger partial charge >= 0.3 is 0 Å². The molecule has 24 heavy (non-hydrogen) atoms. The number of ether oxygens (including phenoxy) is 2. The molecular formula is C18H38N4O2. The summed E-state index contributed by atoms with van der Waals surface area (Å²) in [5.41, 5.74) is 0.165. The van der Waals surface area contributed by atoms with Crippen molar-refractivity contribution in [3.63, 3.8) is 0 Å². The van der Waals surface area contributed by atoms with E-state index in [0.29, 0.717) is 5.92 Å². The molecule has 6 heteroatoms. The summed E-state index contributed by atoms with van der Waals surface area (Å²) in [5, 5.41) is 6.71. The van der Waals surface area contributed by atoms with E-state index in [-0.39, 0.29) is 5.41 Å². The van der Waals surface area contributed by atoms with E-state index in [4.69, 9.17) is 14.5 Å². The van der Waals surface area contributed by atoms with Crippen LogP contribution in [0.3, 0.4) is 0 Å². The van der Waals surface area contributed by atoms with Gasteiger partial charge in [-0.2, -0.15) is 0 Å². The van der Waals surface area contributed by atoms with Gasteiger partial charge < -0.3 is 25.0 Å². The zero-order valence-electron chi connectivity index (χ0n) is 16.4. The Hall–Kier alpha value is -0.850. The van der Waals surface area contributed by atoms with Crippen LogP contribution in [-0.2, 0) is 9.47 Å². The van der Waals surface area contributed by atoms with Gasteiger partial charge in [-0.1, -0.05) is 13.8 Å². The van der Waals surface area contributed by atoms with Crippen molar-refractivity contribution in [2.24, 2.45) is 16.3 Å². The molecule has 0 bridgehead atoms. The molecule has 1 aliphatic rings. The first kappa shape index (κ1) is 21.2. The predicted molar refractivity (Wildman–Crippen MR) is 101 cm³/mol. The van der Waals surface area contributed by atoms with Crippen molar-refractivity contribution >= 4 is 5.96 Å². The van der Waals surface area contributed by atoms with E-state index in [1.165, 1.54) is 0 Å². The highest BCUT2D eigenvalue weighted by atomic mass is 16.5. The Kier molecular flexibility index (Phi) is 10.3. The van der Waals surface area contributed by atoms with E-state index in [1.54, 1.807) is 0 Å². The molecule has 0 aromatic heterocycles. The molecule has 0 aliphatic carbocycles. The quantitative estimate of drug-likeness (QED) is 0.339. The fourth-order valence-electron chi connectivity index (χ4n) is 2.89. The smallest absolute Gasteiger partial charge is 0.191 e. The van der Waals surface area contributed by atoms with Crippen LogP contribution in [0.2, 0.25) is 0 Å². The number of nitrogens with one attached hydrogen (secondary N) is 2. The molecular weight excluding hydrogens is 304 g/mol. The van der Waals surface area contributed by atoms with Gasteiger partial charge in [-0.3, -0.25) is 4.99 Å². The van der Waals surface area contributed by atoms with Crippen molar-refractivity contribution in [2.45, 2.75) is 33.6 Å². The second kappa shape index (κ2) is 11.7. The Balaban J connectivity index is 2.20. The fraction of sp³-hybridized carbons (Fsp3) is 0.944. The van der Waals surface area contributed by atoms with Gasteiger partial charge in [0, 0.05) is 45.3 Å². The molecule has 142 valence electrons. The highest BCUT2D eigenvalue weighted by molar-refractivity contribution is 5.79. The summed E-state index contributed by atoms with van der Waals surface area (Å²) in [5.74, 6) is 1.49. The molecule has 1 aliphatic heterocycles. The summed E-state index contributed by atoms with van der Waals surface area (Å²) in [6, 6.07) is 0. The van der Waals surface area contributed by atoms with E-state index in [0.717, 1.165) is 71.4 Å². The maximum atomic E-state index is 5.73. The molecule has 2 N–H and O–H groups in total. The standard InChI is InChI=1S/C18H38N4O2/c1-6-19-17(21-14-18(2,3)15-22(4)5)20-9-7-10-23-12-16-8-11-24-13-16/h16H,6-15H2,1-5H3,(H2,19,20,21). The lowest BCUT2D eigenvalue weighted by molar-refractivity contribution is 0.0888.